The molecule has 0 bridgehead atoms. The number of aromatic nitrogens is 2. The van der Waals surface area contributed by atoms with E-state index in [1.54, 1.807) is 0 Å². The van der Waals surface area contributed by atoms with Crippen molar-refractivity contribution in [3.8, 4) is 5.75 Å². The number of para-hydroxylation sites is 1. The summed E-state index contributed by atoms with van der Waals surface area (Å²) < 4.78 is 5.66. The van der Waals surface area contributed by atoms with Crippen LogP contribution >= 0.6 is 0 Å². The molecule has 1 heterocycles. The highest BCUT2D eigenvalue weighted by Gasteiger charge is 2.04. The van der Waals surface area contributed by atoms with Gasteiger partial charge in [-0.05, 0) is 29.8 Å². The highest BCUT2D eigenvalue weighted by molar-refractivity contribution is 5.75. The third kappa shape index (κ3) is 2.58. The lowest BCUT2D eigenvalue weighted by Crippen LogP contribution is -1.96. The van der Waals surface area contributed by atoms with Gasteiger partial charge in [0.15, 0.2) is 0 Å². The van der Waals surface area contributed by atoms with E-state index in [9.17, 15) is 0 Å². The van der Waals surface area contributed by atoms with Gasteiger partial charge >= 0.3 is 0 Å². The third-order valence-corrected chi connectivity index (χ3v) is 2.95. The Balaban J connectivity index is 1.78. The summed E-state index contributed by atoms with van der Waals surface area (Å²) in [6, 6.07) is 15.7. The fourth-order valence-corrected chi connectivity index (χ4v) is 1.97. The highest BCUT2D eigenvalue weighted by atomic mass is 16.5. The topological polar surface area (TPSA) is 63.9 Å². The molecule has 96 valence electrons. The first-order chi connectivity index (χ1) is 9.35. The number of hydrogen-bond donors (Lipinski definition) is 2. The van der Waals surface area contributed by atoms with Crippen LogP contribution in [0.5, 0.6) is 5.75 Å². The van der Waals surface area contributed by atoms with E-state index in [-0.39, 0.29) is 0 Å². The molecule has 3 N–H and O–H groups in total. The van der Waals surface area contributed by atoms with E-state index in [0.717, 1.165) is 28.2 Å². The predicted octanol–water partition coefficient (Wildman–Crippen LogP) is 2.60. The molecule has 3 rings (SSSR count). The monoisotopic (exact) mass is 253 g/mol. The first kappa shape index (κ1) is 11.7. The maximum Gasteiger partial charge on any atom is 0.146 e. The van der Waals surface area contributed by atoms with Crippen molar-refractivity contribution >= 4 is 11.0 Å². The van der Waals surface area contributed by atoms with E-state index in [0.29, 0.717) is 13.2 Å². The van der Waals surface area contributed by atoms with E-state index >= 15 is 0 Å². The van der Waals surface area contributed by atoms with Crippen molar-refractivity contribution in [1.29, 1.82) is 0 Å². The molecule has 0 unspecified atom stereocenters. The summed E-state index contributed by atoms with van der Waals surface area (Å²) >= 11 is 0. The SMILES string of the molecule is NCc1ccc2nc(COc3ccccc3)[nH]c2c1. The smallest absolute Gasteiger partial charge is 0.146 e. The molecule has 0 aliphatic rings. The molecule has 0 saturated heterocycles. The van der Waals surface area contributed by atoms with Gasteiger partial charge in [0.25, 0.3) is 0 Å². The summed E-state index contributed by atoms with van der Waals surface area (Å²) in [7, 11) is 0. The molecule has 0 spiro atoms. The third-order valence-electron chi connectivity index (χ3n) is 2.95. The molecule has 3 aromatic rings. The van der Waals surface area contributed by atoms with Crippen molar-refractivity contribution in [1.82, 2.24) is 9.97 Å². The second-order valence-corrected chi connectivity index (χ2v) is 4.34. The molecular weight excluding hydrogens is 238 g/mol. The van der Waals surface area contributed by atoms with Gasteiger partial charge in [-0.2, -0.15) is 0 Å². The van der Waals surface area contributed by atoms with Crippen molar-refractivity contribution in [3.05, 3.63) is 59.9 Å². The van der Waals surface area contributed by atoms with Gasteiger partial charge in [0.1, 0.15) is 18.2 Å². The Labute approximate surface area is 111 Å². The quantitative estimate of drug-likeness (QED) is 0.751. The Morgan fingerprint density at radius 1 is 1.11 bits per heavy atom. The summed E-state index contributed by atoms with van der Waals surface area (Å²) in [6.07, 6.45) is 0. The summed E-state index contributed by atoms with van der Waals surface area (Å²) in [5.41, 5.74) is 8.64. The number of nitrogens with one attached hydrogen (secondary N) is 1. The normalized spacial score (nSPS) is 10.8. The van der Waals surface area contributed by atoms with Gasteiger partial charge in [-0.3, -0.25) is 0 Å². The zero-order valence-electron chi connectivity index (χ0n) is 10.5. The number of nitrogens with zero attached hydrogens (tertiary/aromatic N) is 1. The van der Waals surface area contributed by atoms with E-state index < -0.39 is 0 Å². The minimum atomic E-state index is 0.427. The van der Waals surface area contributed by atoms with Crippen LogP contribution in [0.4, 0.5) is 0 Å². The van der Waals surface area contributed by atoms with Crippen LogP contribution in [-0.4, -0.2) is 9.97 Å². The Bertz CT molecular complexity index is 676. The minimum absolute atomic E-state index is 0.427. The lowest BCUT2D eigenvalue weighted by atomic mass is 10.2. The van der Waals surface area contributed by atoms with Crippen LogP contribution in [0.1, 0.15) is 11.4 Å². The van der Waals surface area contributed by atoms with E-state index in [1.807, 2.05) is 48.5 Å². The van der Waals surface area contributed by atoms with Crippen molar-refractivity contribution in [2.24, 2.45) is 5.73 Å². The van der Waals surface area contributed by atoms with Gasteiger partial charge < -0.3 is 15.5 Å². The van der Waals surface area contributed by atoms with Crippen molar-refractivity contribution in [2.45, 2.75) is 13.2 Å². The number of imidazole rings is 1. The molecular formula is C15H15N3O. The number of rotatable bonds is 4. The molecule has 0 radical (unpaired) electrons. The van der Waals surface area contributed by atoms with Gasteiger partial charge in [0, 0.05) is 6.54 Å². The standard InChI is InChI=1S/C15H15N3O/c16-9-11-6-7-13-14(8-11)18-15(17-13)10-19-12-4-2-1-3-5-12/h1-8H,9-10,16H2,(H,17,18). The van der Waals surface area contributed by atoms with Crippen LogP contribution in [0.2, 0.25) is 0 Å². The average Bonchev–Trinajstić information content (AvgIpc) is 2.88. The Morgan fingerprint density at radius 3 is 2.74 bits per heavy atom. The average molecular weight is 253 g/mol. The van der Waals surface area contributed by atoms with Crippen molar-refractivity contribution in [2.75, 3.05) is 0 Å². The Kier molecular flexibility index (Phi) is 3.16. The molecule has 0 amide bonds. The lowest BCUT2D eigenvalue weighted by Gasteiger charge is -2.02. The lowest BCUT2D eigenvalue weighted by molar-refractivity contribution is 0.297. The molecule has 0 fully saturated rings. The first-order valence-electron chi connectivity index (χ1n) is 6.20. The number of hydrogen-bond acceptors (Lipinski definition) is 3. The maximum atomic E-state index is 5.66. The summed E-state index contributed by atoms with van der Waals surface area (Å²) in [5.74, 6) is 1.65. The summed E-state index contributed by atoms with van der Waals surface area (Å²) in [4.78, 5) is 7.73. The highest BCUT2D eigenvalue weighted by Crippen LogP contribution is 2.15. The summed E-state index contributed by atoms with van der Waals surface area (Å²) in [6.45, 7) is 0.960. The molecule has 0 aliphatic heterocycles. The summed E-state index contributed by atoms with van der Waals surface area (Å²) in [5, 5.41) is 0. The van der Waals surface area contributed by atoms with Crippen molar-refractivity contribution < 1.29 is 4.74 Å². The van der Waals surface area contributed by atoms with Crippen LogP contribution in [0.3, 0.4) is 0 Å². The maximum absolute atomic E-state index is 5.66. The molecule has 4 nitrogen and oxygen atoms in total. The Morgan fingerprint density at radius 2 is 1.95 bits per heavy atom. The zero-order valence-corrected chi connectivity index (χ0v) is 10.5. The van der Waals surface area contributed by atoms with Crippen LogP contribution in [0, 0.1) is 0 Å². The largest absolute Gasteiger partial charge is 0.486 e. The second-order valence-electron chi connectivity index (χ2n) is 4.34. The van der Waals surface area contributed by atoms with E-state index in [2.05, 4.69) is 9.97 Å². The number of nitrogens with two attached hydrogens (primary N) is 1. The first-order valence-corrected chi connectivity index (χ1v) is 6.20. The van der Waals surface area contributed by atoms with Gasteiger partial charge in [-0.25, -0.2) is 4.98 Å². The number of benzene rings is 2. The van der Waals surface area contributed by atoms with Crippen LogP contribution in [0.25, 0.3) is 11.0 Å². The van der Waals surface area contributed by atoms with Gasteiger partial charge in [-0.1, -0.05) is 24.3 Å². The van der Waals surface area contributed by atoms with Crippen molar-refractivity contribution in [3.63, 3.8) is 0 Å². The molecule has 4 heteroatoms. The van der Waals surface area contributed by atoms with Gasteiger partial charge in [-0.15, -0.1) is 0 Å². The van der Waals surface area contributed by atoms with Crippen LogP contribution in [-0.2, 0) is 13.2 Å². The van der Waals surface area contributed by atoms with Crippen LogP contribution in [0.15, 0.2) is 48.5 Å². The number of ether oxygens (including phenoxy) is 1. The zero-order chi connectivity index (χ0) is 13.1. The predicted molar refractivity (Wildman–Crippen MR) is 74.8 cm³/mol. The molecule has 19 heavy (non-hydrogen) atoms. The molecule has 0 saturated carbocycles. The minimum Gasteiger partial charge on any atom is -0.486 e. The fourth-order valence-electron chi connectivity index (χ4n) is 1.97. The number of H-pyrrole nitrogens is 1. The van der Waals surface area contributed by atoms with Crippen LogP contribution < -0.4 is 10.5 Å². The fraction of sp³-hybridized carbons (Fsp3) is 0.133. The van der Waals surface area contributed by atoms with E-state index in [4.69, 9.17) is 10.5 Å². The number of fused-ring (bicyclic) bond motifs is 1. The second kappa shape index (κ2) is 5.12. The Hall–Kier alpha value is -2.33. The molecule has 0 aliphatic carbocycles. The molecule has 1 aromatic heterocycles. The van der Waals surface area contributed by atoms with E-state index in [1.165, 1.54) is 0 Å². The number of aromatic amines is 1. The van der Waals surface area contributed by atoms with Gasteiger partial charge in [0.05, 0.1) is 11.0 Å². The molecule has 2 aromatic carbocycles. The molecule has 0 atom stereocenters. The van der Waals surface area contributed by atoms with Gasteiger partial charge in [0.2, 0.25) is 0 Å².